The zero-order valence-electron chi connectivity index (χ0n) is 29.2. The topological polar surface area (TPSA) is 231 Å². The maximum Gasteiger partial charge on any atom is 0.330 e. The summed E-state index contributed by atoms with van der Waals surface area (Å²) in [6.45, 7) is 0.995. The van der Waals surface area contributed by atoms with Crippen LogP contribution in [0, 0.1) is 0 Å². The predicted octanol–water partition coefficient (Wildman–Crippen LogP) is 5.16. The van der Waals surface area contributed by atoms with Gasteiger partial charge in [-0.05, 0) is 35.4 Å². The molecule has 16 nitrogen and oxygen atoms in total. The molecule has 6 aromatic rings. The standard InChI is InChI=1S/C20H18N4O4.C19H16N4O4/c1-28-19(27)8-7-16-9-15(12-24(16)11-14-5-3-2-4-6-14)17(25)10-18(26)20-21-13-22-23-20;24-16(9-17(25)19-20-12-21-22-19)14-8-15(6-7-18(26)27)23(11-14)10-13-4-2-1-3-5-13/h2-10,12-13,25H,11H2,1H3,(H,21,22,23);1-9,11-12,24H,10H2,(H,26,27)(H,20,21,22)/b8-7+,17-10?;7-6+,16-9?. The van der Waals surface area contributed by atoms with E-state index in [4.69, 9.17) is 5.11 Å². The average Bonchev–Trinajstić information content (AvgIpc) is 4.02. The Balaban J connectivity index is 0.000000211. The molecule has 2 aromatic carbocycles. The summed E-state index contributed by atoms with van der Waals surface area (Å²) in [6.07, 6.45) is 13.2. The van der Waals surface area contributed by atoms with Crippen molar-refractivity contribution < 1.29 is 39.2 Å². The Labute approximate surface area is 313 Å². The Kier molecular flexibility index (Phi) is 12.9. The first-order chi connectivity index (χ1) is 26.6. The van der Waals surface area contributed by atoms with Gasteiger partial charge in [0.05, 0.1) is 7.11 Å². The molecular formula is C39H34N8O8. The third-order valence-electron chi connectivity index (χ3n) is 7.66. The molecule has 16 heteroatoms. The van der Waals surface area contributed by atoms with Crippen LogP contribution in [0.1, 0.15) is 54.9 Å². The number of ketones is 2. The molecule has 278 valence electrons. The number of aliphatic hydroxyl groups excluding tert-OH is 2. The first-order valence-electron chi connectivity index (χ1n) is 16.4. The van der Waals surface area contributed by atoms with Crippen molar-refractivity contribution in [1.82, 2.24) is 39.5 Å². The van der Waals surface area contributed by atoms with Crippen molar-refractivity contribution in [2.75, 3.05) is 7.11 Å². The molecule has 0 bridgehead atoms. The molecule has 0 aliphatic carbocycles. The molecule has 0 unspecified atom stereocenters. The van der Waals surface area contributed by atoms with Crippen LogP contribution in [-0.2, 0) is 27.4 Å². The summed E-state index contributed by atoms with van der Waals surface area (Å²) in [5, 5.41) is 41.6. The second-order valence-electron chi connectivity index (χ2n) is 11.5. The van der Waals surface area contributed by atoms with Gasteiger partial charge in [-0.2, -0.15) is 10.2 Å². The first kappa shape index (κ1) is 38.4. The van der Waals surface area contributed by atoms with Crippen molar-refractivity contribution >= 4 is 47.2 Å². The van der Waals surface area contributed by atoms with Gasteiger partial charge in [0, 0.05) is 72.3 Å². The number of H-pyrrole nitrogens is 2. The van der Waals surface area contributed by atoms with E-state index in [1.165, 1.54) is 31.9 Å². The molecule has 6 rings (SSSR count). The fraction of sp³-hybridized carbons (Fsp3) is 0.0769. The SMILES string of the molecule is COC(=O)/C=C/c1cc(C(O)=CC(=O)c2ncn[nH]2)cn1Cc1ccccc1.O=C(O)/C=C/c1cc(C(O)=CC(=O)c2ncn[nH]2)cn1Cc1ccccc1. The van der Waals surface area contributed by atoms with Gasteiger partial charge in [-0.25, -0.2) is 19.6 Å². The van der Waals surface area contributed by atoms with Crippen LogP contribution in [0.5, 0.6) is 0 Å². The highest BCUT2D eigenvalue weighted by molar-refractivity contribution is 6.05. The number of carbonyl (C=O) groups is 4. The lowest BCUT2D eigenvalue weighted by atomic mass is 10.2. The molecule has 4 aromatic heterocycles. The van der Waals surface area contributed by atoms with Gasteiger partial charge in [0.15, 0.2) is 11.6 Å². The van der Waals surface area contributed by atoms with Gasteiger partial charge in [-0.15, -0.1) is 0 Å². The maximum absolute atomic E-state index is 12.1. The smallest absolute Gasteiger partial charge is 0.330 e. The molecule has 0 saturated carbocycles. The summed E-state index contributed by atoms with van der Waals surface area (Å²) < 4.78 is 8.26. The third-order valence-corrected chi connectivity index (χ3v) is 7.66. The molecule has 0 atom stereocenters. The van der Waals surface area contributed by atoms with E-state index in [0.29, 0.717) is 35.6 Å². The number of methoxy groups -OCH3 is 1. The van der Waals surface area contributed by atoms with E-state index in [9.17, 15) is 29.4 Å². The van der Waals surface area contributed by atoms with Gasteiger partial charge in [0.1, 0.15) is 24.2 Å². The summed E-state index contributed by atoms with van der Waals surface area (Å²) in [5.41, 5.74) is 4.08. The van der Waals surface area contributed by atoms with E-state index in [1.807, 2.05) is 65.2 Å². The fourth-order valence-corrected chi connectivity index (χ4v) is 5.02. The van der Waals surface area contributed by atoms with Gasteiger partial charge in [-0.3, -0.25) is 19.8 Å². The molecule has 55 heavy (non-hydrogen) atoms. The number of carbonyl (C=O) groups excluding carboxylic acids is 3. The summed E-state index contributed by atoms with van der Waals surface area (Å²) in [7, 11) is 1.30. The molecule has 4 heterocycles. The van der Waals surface area contributed by atoms with E-state index < -0.39 is 23.5 Å². The zero-order chi connectivity index (χ0) is 39.2. The highest BCUT2D eigenvalue weighted by Gasteiger charge is 2.14. The van der Waals surface area contributed by atoms with E-state index in [-0.39, 0.29) is 23.2 Å². The van der Waals surface area contributed by atoms with Crippen molar-refractivity contribution in [3.05, 3.63) is 167 Å². The van der Waals surface area contributed by atoms with Crippen LogP contribution in [0.15, 0.2) is 122 Å². The zero-order valence-corrected chi connectivity index (χ0v) is 29.2. The van der Waals surface area contributed by atoms with Gasteiger partial charge in [-0.1, -0.05) is 60.7 Å². The van der Waals surface area contributed by atoms with Crippen LogP contribution in [0.25, 0.3) is 23.7 Å². The number of hydrogen-bond donors (Lipinski definition) is 5. The molecule has 0 aliphatic heterocycles. The van der Waals surface area contributed by atoms with Crippen molar-refractivity contribution in [2.45, 2.75) is 13.1 Å². The van der Waals surface area contributed by atoms with Crippen LogP contribution in [0.2, 0.25) is 0 Å². The molecule has 0 aliphatic rings. The normalized spacial score (nSPS) is 11.7. The second kappa shape index (κ2) is 18.6. The Morgan fingerprint density at radius 3 is 1.49 bits per heavy atom. The predicted molar refractivity (Wildman–Crippen MR) is 200 cm³/mol. The Bertz CT molecular complexity index is 2350. The average molecular weight is 743 g/mol. The van der Waals surface area contributed by atoms with E-state index in [0.717, 1.165) is 29.4 Å². The number of carboxylic acid groups (broad SMARTS) is 1. The van der Waals surface area contributed by atoms with Crippen LogP contribution >= 0.6 is 0 Å². The van der Waals surface area contributed by atoms with Gasteiger partial charge >= 0.3 is 11.9 Å². The number of ether oxygens (including phenoxy) is 1. The van der Waals surface area contributed by atoms with Crippen LogP contribution in [-0.4, -0.2) is 85.4 Å². The van der Waals surface area contributed by atoms with Crippen LogP contribution < -0.4 is 0 Å². The number of aromatic amines is 2. The number of nitrogens with one attached hydrogen (secondary N) is 2. The number of rotatable bonds is 14. The largest absolute Gasteiger partial charge is 0.507 e. The minimum absolute atomic E-state index is 0.0104. The molecular weight excluding hydrogens is 708 g/mol. The lowest BCUT2D eigenvalue weighted by molar-refractivity contribution is -0.135. The summed E-state index contributed by atoms with van der Waals surface area (Å²) in [5.74, 6) is -3.04. The lowest BCUT2D eigenvalue weighted by Gasteiger charge is -2.06. The van der Waals surface area contributed by atoms with E-state index in [1.54, 1.807) is 35.2 Å². The quantitative estimate of drug-likeness (QED) is 0.0422. The molecule has 0 radical (unpaired) electrons. The summed E-state index contributed by atoms with van der Waals surface area (Å²) >= 11 is 0. The van der Waals surface area contributed by atoms with Crippen molar-refractivity contribution in [1.29, 1.82) is 0 Å². The maximum atomic E-state index is 12.1. The van der Waals surface area contributed by atoms with Crippen LogP contribution in [0.3, 0.4) is 0 Å². The third kappa shape index (κ3) is 11.1. The number of hydrogen-bond acceptors (Lipinski definition) is 11. The number of aliphatic hydroxyl groups is 2. The lowest BCUT2D eigenvalue weighted by Crippen LogP contribution is -2.01. The van der Waals surface area contributed by atoms with E-state index >= 15 is 0 Å². The molecule has 0 amide bonds. The number of benzene rings is 2. The number of aromatic nitrogens is 8. The fourth-order valence-electron chi connectivity index (χ4n) is 5.02. The van der Waals surface area contributed by atoms with Crippen LogP contribution in [0.4, 0.5) is 0 Å². The van der Waals surface area contributed by atoms with Crippen molar-refractivity contribution in [3.8, 4) is 0 Å². The number of aliphatic carboxylic acids is 1. The first-order valence-corrected chi connectivity index (χ1v) is 16.4. The Morgan fingerprint density at radius 2 is 1.11 bits per heavy atom. The Hall–Kier alpha value is -7.88. The minimum atomic E-state index is -1.08. The number of nitrogens with zero attached hydrogens (tertiary/aromatic N) is 6. The monoisotopic (exact) mass is 742 g/mol. The highest BCUT2D eigenvalue weighted by Crippen LogP contribution is 2.21. The number of esters is 1. The molecule has 0 fully saturated rings. The van der Waals surface area contributed by atoms with Gasteiger partial charge < -0.3 is 29.2 Å². The number of allylic oxidation sites excluding steroid dienone is 2. The molecule has 0 saturated heterocycles. The minimum Gasteiger partial charge on any atom is -0.507 e. The van der Waals surface area contributed by atoms with Crippen molar-refractivity contribution in [3.63, 3.8) is 0 Å². The second-order valence-corrected chi connectivity index (χ2v) is 11.5. The Morgan fingerprint density at radius 1 is 0.673 bits per heavy atom. The number of carboxylic acids is 1. The summed E-state index contributed by atoms with van der Waals surface area (Å²) in [6, 6.07) is 22.6. The summed E-state index contributed by atoms with van der Waals surface area (Å²) in [4.78, 5) is 53.9. The van der Waals surface area contributed by atoms with Crippen molar-refractivity contribution in [2.24, 2.45) is 0 Å². The van der Waals surface area contributed by atoms with Gasteiger partial charge in [0.2, 0.25) is 11.6 Å². The van der Waals surface area contributed by atoms with E-state index in [2.05, 4.69) is 35.1 Å². The highest BCUT2D eigenvalue weighted by atomic mass is 16.5. The van der Waals surface area contributed by atoms with Gasteiger partial charge in [0.25, 0.3) is 0 Å². The molecule has 5 N–H and O–H groups in total. The molecule has 0 spiro atoms.